The topological polar surface area (TPSA) is 157 Å². The molecule has 1 aliphatic heterocycles. The van der Waals surface area contributed by atoms with Gasteiger partial charge in [0.2, 0.25) is 15.9 Å². The molecule has 0 spiro atoms. The SMILES string of the molecule is CN(C)C/C=C/C(=O)Nc1ccc(S(=O)(=O)N2CCC(NC(=O)c3[nH]ncc3NC(=O)c3c(Cl)cccc3Cl)CC2)cc1. The highest BCUT2D eigenvalue weighted by molar-refractivity contribution is 7.89. The number of H-pyrrole nitrogens is 1. The molecule has 43 heavy (non-hydrogen) atoms. The summed E-state index contributed by atoms with van der Waals surface area (Å²) in [7, 11) is 0.00318. The molecule has 0 bridgehead atoms. The molecule has 0 radical (unpaired) electrons. The Morgan fingerprint density at radius 2 is 1.67 bits per heavy atom. The van der Waals surface area contributed by atoms with Gasteiger partial charge in [0.1, 0.15) is 5.69 Å². The molecule has 0 aliphatic carbocycles. The zero-order chi connectivity index (χ0) is 31.1. The van der Waals surface area contributed by atoms with E-state index in [1.165, 1.54) is 53.0 Å². The van der Waals surface area contributed by atoms with Crippen molar-refractivity contribution >= 4 is 62.3 Å². The number of amides is 3. The number of halogens is 2. The maximum Gasteiger partial charge on any atom is 0.271 e. The predicted octanol–water partition coefficient (Wildman–Crippen LogP) is 3.61. The van der Waals surface area contributed by atoms with Crippen molar-refractivity contribution in [2.45, 2.75) is 23.8 Å². The van der Waals surface area contributed by atoms with Crippen LogP contribution in [0.2, 0.25) is 10.0 Å². The summed E-state index contributed by atoms with van der Waals surface area (Å²) < 4.78 is 27.8. The van der Waals surface area contributed by atoms with Crippen molar-refractivity contribution < 1.29 is 22.8 Å². The zero-order valence-electron chi connectivity index (χ0n) is 23.4. The average molecular weight is 649 g/mol. The van der Waals surface area contributed by atoms with Gasteiger partial charge in [-0.25, -0.2) is 8.42 Å². The first-order chi connectivity index (χ1) is 20.5. The molecule has 3 aromatic rings. The van der Waals surface area contributed by atoms with E-state index in [1.807, 2.05) is 19.0 Å². The number of aromatic amines is 1. The van der Waals surface area contributed by atoms with Gasteiger partial charge in [0.05, 0.1) is 32.4 Å². The molecule has 0 atom stereocenters. The maximum atomic E-state index is 13.2. The molecule has 4 rings (SSSR count). The molecule has 1 aromatic heterocycles. The number of hydrogen-bond acceptors (Lipinski definition) is 7. The van der Waals surface area contributed by atoms with E-state index >= 15 is 0 Å². The summed E-state index contributed by atoms with van der Waals surface area (Å²) in [6.07, 6.45) is 5.20. The predicted molar refractivity (Wildman–Crippen MR) is 165 cm³/mol. The second-order valence-corrected chi connectivity index (χ2v) is 12.8. The number of piperidine rings is 1. The number of carbonyl (C=O) groups excluding carboxylic acids is 3. The normalized spacial score (nSPS) is 14.6. The van der Waals surface area contributed by atoms with Gasteiger partial charge in [0.25, 0.3) is 11.8 Å². The number of carbonyl (C=O) groups is 3. The van der Waals surface area contributed by atoms with Gasteiger partial charge in [-0.1, -0.05) is 35.3 Å². The van der Waals surface area contributed by atoms with Crippen molar-refractivity contribution in [2.75, 3.05) is 44.4 Å². The second-order valence-electron chi connectivity index (χ2n) is 10.0. The Morgan fingerprint density at radius 3 is 2.30 bits per heavy atom. The maximum absolute atomic E-state index is 13.2. The Bertz CT molecular complexity index is 1600. The summed E-state index contributed by atoms with van der Waals surface area (Å²) >= 11 is 12.2. The van der Waals surface area contributed by atoms with Gasteiger partial charge in [-0.05, 0) is 63.3 Å². The summed E-state index contributed by atoms with van der Waals surface area (Å²) in [5.41, 5.74) is 0.720. The first-order valence-corrected chi connectivity index (χ1v) is 15.5. The van der Waals surface area contributed by atoms with Crippen molar-refractivity contribution in [3.05, 3.63) is 82.1 Å². The van der Waals surface area contributed by atoms with Crippen LogP contribution < -0.4 is 16.0 Å². The first kappa shape index (κ1) is 32.2. The van der Waals surface area contributed by atoms with Gasteiger partial charge in [-0.3, -0.25) is 19.5 Å². The molecule has 0 saturated carbocycles. The number of aromatic nitrogens is 2. The van der Waals surface area contributed by atoms with Gasteiger partial charge in [-0.2, -0.15) is 9.40 Å². The number of benzene rings is 2. The Kier molecular flexibility index (Phi) is 10.6. The lowest BCUT2D eigenvalue weighted by Gasteiger charge is -2.31. The highest BCUT2D eigenvalue weighted by atomic mass is 35.5. The Labute approximate surface area is 259 Å². The van der Waals surface area contributed by atoms with E-state index in [0.29, 0.717) is 25.1 Å². The lowest BCUT2D eigenvalue weighted by atomic mass is 10.1. The molecule has 4 N–H and O–H groups in total. The van der Waals surface area contributed by atoms with Crippen LogP contribution in [0.4, 0.5) is 11.4 Å². The van der Waals surface area contributed by atoms with Crippen LogP contribution in [0, 0.1) is 0 Å². The minimum Gasteiger partial charge on any atom is -0.348 e. The number of sulfonamides is 1. The highest BCUT2D eigenvalue weighted by Crippen LogP contribution is 2.26. The summed E-state index contributed by atoms with van der Waals surface area (Å²) in [4.78, 5) is 39.8. The Balaban J connectivity index is 1.31. The van der Waals surface area contributed by atoms with E-state index < -0.39 is 21.8 Å². The Morgan fingerprint density at radius 1 is 1.02 bits per heavy atom. The van der Waals surface area contributed by atoms with Crippen molar-refractivity contribution in [3.63, 3.8) is 0 Å². The number of rotatable bonds is 10. The van der Waals surface area contributed by atoms with Crippen LogP contribution in [0.15, 0.2) is 65.7 Å². The molecule has 1 aliphatic rings. The van der Waals surface area contributed by atoms with Gasteiger partial charge in [-0.15, -0.1) is 0 Å². The average Bonchev–Trinajstić information content (AvgIpc) is 3.41. The lowest BCUT2D eigenvalue weighted by Crippen LogP contribution is -2.46. The first-order valence-electron chi connectivity index (χ1n) is 13.3. The fraction of sp³-hybridized carbons (Fsp3) is 0.286. The summed E-state index contributed by atoms with van der Waals surface area (Å²) in [5, 5.41) is 14.9. The standard InChI is InChI=1S/C28H31Cl2N7O5S/c1-36(2)14-4-7-24(38)32-18-8-10-20(11-9-18)43(41,42)37-15-12-19(13-16-37)33-28(40)26-23(17-31-35-26)34-27(39)25-21(29)5-3-6-22(25)30/h3-11,17,19H,12-16H2,1-2H3,(H,31,35)(H,32,38)(H,33,40)(H,34,39)/b7-4+. The van der Waals surface area contributed by atoms with Gasteiger partial charge < -0.3 is 20.9 Å². The fourth-order valence-corrected chi connectivity index (χ4v) is 6.40. The van der Waals surface area contributed by atoms with Crippen molar-refractivity contribution in [2.24, 2.45) is 0 Å². The molecular weight excluding hydrogens is 617 g/mol. The molecule has 3 amide bonds. The number of nitrogens with one attached hydrogen (secondary N) is 4. The van der Waals surface area contributed by atoms with E-state index in [0.717, 1.165) is 0 Å². The molecule has 2 heterocycles. The fourth-order valence-electron chi connectivity index (χ4n) is 4.37. The monoisotopic (exact) mass is 647 g/mol. The number of likely N-dealkylation sites (N-methyl/N-ethyl adjacent to an activating group) is 1. The third-order valence-corrected chi connectivity index (χ3v) is 9.14. The van der Waals surface area contributed by atoms with Crippen molar-refractivity contribution in [1.29, 1.82) is 0 Å². The molecule has 2 aromatic carbocycles. The molecule has 1 saturated heterocycles. The minimum atomic E-state index is -3.78. The lowest BCUT2D eigenvalue weighted by molar-refractivity contribution is -0.111. The summed E-state index contributed by atoms with van der Waals surface area (Å²) in [6.45, 7) is 1.01. The van der Waals surface area contributed by atoms with Crippen LogP contribution >= 0.6 is 23.2 Å². The van der Waals surface area contributed by atoms with Crippen LogP contribution in [0.3, 0.4) is 0 Å². The van der Waals surface area contributed by atoms with Crippen LogP contribution in [0.25, 0.3) is 0 Å². The number of anilines is 2. The number of hydrogen-bond donors (Lipinski definition) is 4. The van der Waals surface area contributed by atoms with E-state index in [1.54, 1.807) is 12.1 Å². The smallest absolute Gasteiger partial charge is 0.271 e. The molecular formula is C28H31Cl2N7O5S. The molecule has 228 valence electrons. The van der Waals surface area contributed by atoms with Crippen LogP contribution in [-0.4, -0.2) is 85.3 Å². The van der Waals surface area contributed by atoms with E-state index in [4.69, 9.17) is 23.2 Å². The van der Waals surface area contributed by atoms with Gasteiger partial charge in [0, 0.05) is 37.4 Å². The van der Waals surface area contributed by atoms with Gasteiger partial charge >= 0.3 is 0 Å². The molecule has 0 unspecified atom stereocenters. The van der Waals surface area contributed by atoms with E-state index in [2.05, 4.69) is 26.1 Å². The number of nitrogens with zero attached hydrogens (tertiary/aromatic N) is 3. The summed E-state index contributed by atoms with van der Waals surface area (Å²) in [6, 6.07) is 10.3. The molecule has 15 heteroatoms. The quantitative estimate of drug-likeness (QED) is 0.245. The highest BCUT2D eigenvalue weighted by Gasteiger charge is 2.31. The largest absolute Gasteiger partial charge is 0.348 e. The third-order valence-electron chi connectivity index (χ3n) is 6.59. The van der Waals surface area contributed by atoms with E-state index in [-0.39, 0.29) is 56.9 Å². The summed E-state index contributed by atoms with van der Waals surface area (Å²) in [5.74, 6) is -1.42. The van der Waals surface area contributed by atoms with Crippen molar-refractivity contribution in [1.82, 2.24) is 24.7 Å². The van der Waals surface area contributed by atoms with E-state index in [9.17, 15) is 22.8 Å². The molecule has 12 nitrogen and oxygen atoms in total. The Hall–Kier alpha value is -3.75. The van der Waals surface area contributed by atoms with Crippen molar-refractivity contribution in [3.8, 4) is 0 Å². The molecule has 1 fully saturated rings. The van der Waals surface area contributed by atoms with Gasteiger partial charge in [0.15, 0.2) is 0 Å². The van der Waals surface area contributed by atoms with Crippen LogP contribution in [-0.2, 0) is 14.8 Å². The van der Waals surface area contributed by atoms with Crippen LogP contribution in [0.5, 0.6) is 0 Å². The minimum absolute atomic E-state index is 0.0342. The zero-order valence-corrected chi connectivity index (χ0v) is 25.8. The second kappa shape index (κ2) is 14.1. The third kappa shape index (κ3) is 8.21. The van der Waals surface area contributed by atoms with Crippen LogP contribution in [0.1, 0.15) is 33.7 Å².